The SMILES string of the molecule is Brc1csc(NCc2ccncc2)n1. The van der Waals surface area contributed by atoms with Crippen LogP contribution >= 0.6 is 27.3 Å². The first kappa shape index (κ1) is 9.61. The molecule has 0 atom stereocenters. The molecule has 2 rings (SSSR count). The first-order valence-electron chi connectivity index (χ1n) is 4.08. The molecule has 0 amide bonds. The van der Waals surface area contributed by atoms with Gasteiger partial charge in [0.05, 0.1) is 0 Å². The standard InChI is InChI=1S/C9H8BrN3S/c10-8-6-14-9(13-8)12-5-7-1-3-11-4-2-7/h1-4,6H,5H2,(H,12,13). The summed E-state index contributed by atoms with van der Waals surface area (Å²) in [5.74, 6) is 0. The Bertz CT molecular complexity index is 401. The van der Waals surface area contributed by atoms with E-state index in [0.717, 1.165) is 16.3 Å². The molecule has 0 spiro atoms. The molecule has 0 radical (unpaired) electrons. The van der Waals surface area contributed by atoms with Crippen LogP contribution in [0.1, 0.15) is 5.56 Å². The normalized spacial score (nSPS) is 10.1. The molecule has 0 fully saturated rings. The molecule has 3 nitrogen and oxygen atoms in total. The van der Waals surface area contributed by atoms with Gasteiger partial charge < -0.3 is 5.32 Å². The molecule has 2 aromatic rings. The van der Waals surface area contributed by atoms with Crippen LogP contribution < -0.4 is 5.32 Å². The zero-order valence-electron chi connectivity index (χ0n) is 7.27. The van der Waals surface area contributed by atoms with Gasteiger partial charge in [0.1, 0.15) is 4.60 Å². The van der Waals surface area contributed by atoms with Crippen molar-refractivity contribution >= 4 is 32.4 Å². The molecule has 72 valence electrons. The third-order valence-corrected chi connectivity index (χ3v) is 3.18. The van der Waals surface area contributed by atoms with Crippen LogP contribution in [0.4, 0.5) is 5.13 Å². The van der Waals surface area contributed by atoms with Gasteiger partial charge in [0.2, 0.25) is 0 Å². The number of nitrogens with zero attached hydrogens (tertiary/aromatic N) is 2. The van der Waals surface area contributed by atoms with Crippen molar-refractivity contribution in [2.24, 2.45) is 0 Å². The van der Waals surface area contributed by atoms with Crippen LogP contribution in [0.25, 0.3) is 0 Å². The first-order chi connectivity index (χ1) is 6.84. The number of thiazole rings is 1. The lowest BCUT2D eigenvalue weighted by molar-refractivity contribution is 1.11. The van der Waals surface area contributed by atoms with E-state index in [1.54, 1.807) is 23.7 Å². The highest BCUT2D eigenvalue weighted by molar-refractivity contribution is 9.10. The van der Waals surface area contributed by atoms with Gasteiger partial charge in [-0.1, -0.05) is 0 Å². The molecule has 14 heavy (non-hydrogen) atoms. The molecule has 0 saturated heterocycles. The fourth-order valence-corrected chi connectivity index (χ4v) is 2.16. The summed E-state index contributed by atoms with van der Waals surface area (Å²) >= 11 is 4.89. The number of hydrogen-bond acceptors (Lipinski definition) is 4. The summed E-state index contributed by atoms with van der Waals surface area (Å²) < 4.78 is 0.875. The average Bonchev–Trinajstić information content (AvgIpc) is 2.63. The monoisotopic (exact) mass is 269 g/mol. The molecule has 0 aliphatic rings. The van der Waals surface area contributed by atoms with Crippen molar-refractivity contribution in [2.45, 2.75) is 6.54 Å². The summed E-state index contributed by atoms with van der Waals surface area (Å²) in [4.78, 5) is 8.19. The third kappa shape index (κ3) is 2.52. The minimum atomic E-state index is 0.780. The third-order valence-electron chi connectivity index (χ3n) is 1.67. The number of rotatable bonds is 3. The number of nitrogens with one attached hydrogen (secondary N) is 1. The van der Waals surface area contributed by atoms with E-state index in [4.69, 9.17) is 0 Å². The lowest BCUT2D eigenvalue weighted by atomic mass is 10.3. The molecule has 1 N–H and O–H groups in total. The Balaban J connectivity index is 1.95. The topological polar surface area (TPSA) is 37.8 Å². The quantitative estimate of drug-likeness (QED) is 0.931. The van der Waals surface area contributed by atoms with E-state index in [0.29, 0.717) is 0 Å². The smallest absolute Gasteiger partial charge is 0.184 e. The highest BCUT2D eigenvalue weighted by Crippen LogP contribution is 2.19. The van der Waals surface area contributed by atoms with Gasteiger partial charge in [0.25, 0.3) is 0 Å². The lowest BCUT2D eigenvalue weighted by Gasteiger charge is -2.01. The van der Waals surface area contributed by atoms with Gasteiger partial charge in [-0.25, -0.2) is 4.98 Å². The first-order valence-corrected chi connectivity index (χ1v) is 5.75. The number of pyridine rings is 1. The number of hydrogen-bond donors (Lipinski definition) is 1. The van der Waals surface area contributed by atoms with E-state index in [-0.39, 0.29) is 0 Å². The Morgan fingerprint density at radius 3 is 2.79 bits per heavy atom. The van der Waals surface area contributed by atoms with Gasteiger partial charge >= 0.3 is 0 Å². The van der Waals surface area contributed by atoms with Gasteiger partial charge in [-0.15, -0.1) is 11.3 Å². The zero-order chi connectivity index (χ0) is 9.80. The highest BCUT2D eigenvalue weighted by Gasteiger charge is 1.98. The maximum atomic E-state index is 4.23. The molecule has 2 aromatic heterocycles. The van der Waals surface area contributed by atoms with Crippen molar-refractivity contribution in [1.29, 1.82) is 0 Å². The summed E-state index contributed by atoms with van der Waals surface area (Å²) in [5.41, 5.74) is 1.20. The predicted molar refractivity (Wildman–Crippen MR) is 61.4 cm³/mol. The predicted octanol–water partition coefficient (Wildman–Crippen LogP) is 2.91. The molecule has 2 heterocycles. The molecule has 0 saturated carbocycles. The zero-order valence-corrected chi connectivity index (χ0v) is 9.68. The van der Waals surface area contributed by atoms with Crippen LogP contribution in [0.5, 0.6) is 0 Å². The highest BCUT2D eigenvalue weighted by atomic mass is 79.9. The van der Waals surface area contributed by atoms with Crippen LogP contribution in [-0.4, -0.2) is 9.97 Å². The van der Waals surface area contributed by atoms with Gasteiger partial charge in [-0.05, 0) is 33.6 Å². The fourth-order valence-electron chi connectivity index (χ4n) is 1.01. The van der Waals surface area contributed by atoms with Crippen LogP contribution in [0.2, 0.25) is 0 Å². The fraction of sp³-hybridized carbons (Fsp3) is 0.111. The van der Waals surface area contributed by atoms with Crippen LogP contribution in [0, 0.1) is 0 Å². The molecule has 0 aliphatic carbocycles. The van der Waals surface area contributed by atoms with E-state index in [1.165, 1.54) is 5.56 Å². The van der Waals surface area contributed by atoms with E-state index in [9.17, 15) is 0 Å². The minimum Gasteiger partial charge on any atom is -0.357 e. The maximum Gasteiger partial charge on any atom is 0.184 e. The summed E-state index contributed by atoms with van der Waals surface area (Å²) in [6.45, 7) is 0.780. The van der Waals surface area contributed by atoms with Crippen molar-refractivity contribution in [3.05, 3.63) is 40.1 Å². The van der Waals surface area contributed by atoms with Crippen molar-refractivity contribution < 1.29 is 0 Å². The van der Waals surface area contributed by atoms with Crippen molar-refractivity contribution in [1.82, 2.24) is 9.97 Å². The van der Waals surface area contributed by atoms with Gasteiger partial charge in [-0.2, -0.15) is 0 Å². The second kappa shape index (κ2) is 4.52. The summed E-state index contributed by atoms with van der Waals surface area (Å²) in [6.07, 6.45) is 3.57. The van der Waals surface area contributed by atoms with E-state index in [1.807, 2.05) is 17.5 Å². The Labute approximate surface area is 94.4 Å². The van der Waals surface area contributed by atoms with E-state index >= 15 is 0 Å². The second-order valence-corrected chi connectivity index (χ2v) is 4.35. The van der Waals surface area contributed by atoms with Gasteiger partial charge in [0, 0.05) is 24.3 Å². The van der Waals surface area contributed by atoms with Crippen LogP contribution in [0.3, 0.4) is 0 Å². The minimum absolute atomic E-state index is 0.780. The Morgan fingerprint density at radius 1 is 1.36 bits per heavy atom. The number of anilines is 1. The largest absolute Gasteiger partial charge is 0.357 e. The molecule has 0 aromatic carbocycles. The van der Waals surface area contributed by atoms with E-state index < -0.39 is 0 Å². The summed E-state index contributed by atoms with van der Waals surface area (Å²) in [7, 11) is 0. The average molecular weight is 270 g/mol. The molecule has 0 unspecified atom stereocenters. The Hall–Kier alpha value is -0.940. The number of halogens is 1. The molecular formula is C9H8BrN3S. The van der Waals surface area contributed by atoms with Gasteiger partial charge in [-0.3, -0.25) is 4.98 Å². The lowest BCUT2D eigenvalue weighted by Crippen LogP contribution is -1.98. The Morgan fingerprint density at radius 2 is 2.14 bits per heavy atom. The van der Waals surface area contributed by atoms with Gasteiger partial charge in [0.15, 0.2) is 5.13 Å². The van der Waals surface area contributed by atoms with Crippen LogP contribution in [0.15, 0.2) is 34.5 Å². The second-order valence-electron chi connectivity index (χ2n) is 2.68. The molecular weight excluding hydrogens is 262 g/mol. The molecule has 0 aliphatic heterocycles. The van der Waals surface area contributed by atoms with E-state index in [2.05, 4.69) is 31.2 Å². The van der Waals surface area contributed by atoms with Crippen molar-refractivity contribution in [2.75, 3.05) is 5.32 Å². The maximum absolute atomic E-state index is 4.23. The molecule has 0 bridgehead atoms. The van der Waals surface area contributed by atoms with Crippen LogP contribution in [-0.2, 0) is 6.54 Å². The summed E-state index contributed by atoms with van der Waals surface area (Å²) in [6, 6.07) is 3.96. The van der Waals surface area contributed by atoms with Crippen molar-refractivity contribution in [3.63, 3.8) is 0 Å². The molecule has 5 heteroatoms. The Kier molecular flexibility index (Phi) is 3.10. The summed E-state index contributed by atoms with van der Waals surface area (Å²) in [5, 5.41) is 6.11. The number of aromatic nitrogens is 2. The van der Waals surface area contributed by atoms with Crippen molar-refractivity contribution in [3.8, 4) is 0 Å².